The largest absolute Gasteiger partial charge is 0.494 e. The maximum absolute atomic E-state index is 12.7. The summed E-state index contributed by atoms with van der Waals surface area (Å²) < 4.78 is 26.6. The van der Waals surface area contributed by atoms with Crippen molar-refractivity contribution in [1.82, 2.24) is 0 Å². The first-order valence-electron chi connectivity index (χ1n) is 16.0. The summed E-state index contributed by atoms with van der Waals surface area (Å²) in [5.41, 5.74) is 2.45. The molecule has 0 aliphatic carbocycles. The fourth-order valence-corrected chi connectivity index (χ4v) is 4.32. The van der Waals surface area contributed by atoms with E-state index in [0.717, 1.165) is 61.8 Å². The second kappa shape index (κ2) is 19.0. The molecular weight excluding hydrogens is 588 g/mol. The van der Waals surface area contributed by atoms with E-state index >= 15 is 0 Å². The Hall–Kier alpha value is -4.66. The Kier molecular flexibility index (Phi) is 14.8. The third-order valence-corrected chi connectivity index (χ3v) is 7.11. The summed E-state index contributed by atoms with van der Waals surface area (Å²) in [6.45, 7) is 7.95. The van der Waals surface area contributed by atoms with Crippen LogP contribution in [0.3, 0.4) is 0 Å². The molecule has 9 nitrogen and oxygen atoms in total. The number of hydrogen-bond acceptors (Lipinski definition) is 9. The van der Waals surface area contributed by atoms with Gasteiger partial charge < -0.3 is 23.7 Å². The molecule has 0 aliphatic heterocycles. The summed E-state index contributed by atoms with van der Waals surface area (Å²) in [5.74, 6) is -1.80. The second-order valence-electron chi connectivity index (χ2n) is 10.9. The lowest BCUT2D eigenvalue weighted by molar-refractivity contribution is -0.171. The molecule has 246 valence electrons. The van der Waals surface area contributed by atoms with Crippen LogP contribution in [0.5, 0.6) is 11.5 Å². The fourth-order valence-electron chi connectivity index (χ4n) is 4.32. The van der Waals surface area contributed by atoms with Crippen LogP contribution in [0.15, 0.2) is 72.8 Å². The highest BCUT2D eigenvalue weighted by Gasteiger charge is 2.26. The number of carbonyl (C=O) groups is 4. The van der Waals surface area contributed by atoms with Gasteiger partial charge in [-0.1, -0.05) is 70.2 Å². The highest BCUT2D eigenvalue weighted by atomic mass is 16.6. The number of carbonyl (C=O) groups excluding carboxylic acids is 4. The Labute approximate surface area is 271 Å². The molecule has 0 aliphatic rings. The first-order chi connectivity index (χ1) is 22.2. The molecule has 0 bridgehead atoms. The minimum absolute atomic E-state index is 0.140. The number of hydrogen-bond donors (Lipinski definition) is 0. The smallest absolute Gasteiger partial charge is 0.348 e. The third-order valence-electron chi connectivity index (χ3n) is 7.11. The fraction of sp³-hybridized carbons (Fsp3) is 0.405. The molecule has 2 atom stereocenters. The van der Waals surface area contributed by atoms with Crippen molar-refractivity contribution in [3.8, 4) is 22.6 Å². The van der Waals surface area contributed by atoms with E-state index in [1.807, 2.05) is 36.4 Å². The van der Waals surface area contributed by atoms with Crippen molar-refractivity contribution in [3.05, 3.63) is 83.9 Å². The zero-order valence-electron chi connectivity index (χ0n) is 27.1. The zero-order chi connectivity index (χ0) is 33.3. The van der Waals surface area contributed by atoms with Gasteiger partial charge >= 0.3 is 23.9 Å². The quantitative estimate of drug-likeness (QED) is 0.0601. The molecule has 3 aromatic carbocycles. The van der Waals surface area contributed by atoms with Gasteiger partial charge in [-0.2, -0.15) is 0 Å². The summed E-state index contributed by atoms with van der Waals surface area (Å²) in [4.78, 5) is 49.7. The Morgan fingerprint density at radius 1 is 0.543 bits per heavy atom. The minimum atomic E-state index is -1.26. The maximum Gasteiger partial charge on any atom is 0.348 e. The molecule has 0 saturated heterocycles. The molecule has 3 aromatic rings. The lowest BCUT2D eigenvalue weighted by Gasteiger charge is -2.16. The molecule has 0 fully saturated rings. The molecule has 46 heavy (non-hydrogen) atoms. The van der Waals surface area contributed by atoms with Crippen LogP contribution < -0.4 is 9.47 Å². The number of esters is 4. The van der Waals surface area contributed by atoms with E-state index in [1.54, 1.807) is 12.1 Å². The summed E-state index contributed by atoms with van der Waals surface area (Å²) >= 11 is 0. The van der Waals surface area contributed by atoms with Gasteiger partial charge in [-0.3, -0.25) is 0 Å². The molecule has 0 amide bonds. The van der Waals surface area contributed by atoms with Crippen molar-refractivity contribution in [2.45, 2.75) is 84.8 Å². The van der Waals surface area contributed by atoms with E-state index in [0.29, 0.717) is 12.2 Å². The van der Waals surface area contributed by atoms with Crippen LogP contribution >= 0.6 is 0 Å². The average molecular weight is 633 g/mol. The summed E-state index contributed by atoms with van der Waals surface area (Å²) in [6.07, 6.45) is 4.76. The Morgan fingerprint density at radius 3 is 1.67 bits per heavy atom. The predicted molar refractivity (Wildman–Crippen MR) is 174 cm³/mol. The molecular formula is C37H44O9. The van der Waals surface area contributed by atoms with Gasteiger partial charge in [0.1, 0.15) is 11.5 Å². The van der Waals surface area contributed by atoms with Crippen molar-refractivity contribution in [3.63, 3.8) is 0 Å². The molecule has 0 heterocycles. The number of ether oxygens (including phenoxy) is 5. The van der Waals surface area contributed by atoms with E-state index in [9.17, 15) is 19.2 Å². The standard InChI is InChI=1S/C37H44O9/c1-5-7-9-11-25-43-34(38)26(3)44-35(39)27(4)45-36(40)31-18-22-33(23-19-31)46-37(41)30-14-12-28(13-15-30)29-16-20-32(21-17-29)42-24-10-8-6-2/h12-23,26-27H,5-11,24-25H2,1-4H3. The predicted octanol–water partition coefficient (Wildman–Crippen LogP) is 7.74. The summed E-state index contributed by atoms with van der Waals surface area (Å²) in [7, 11) is 0. The lowest BCUT2D eigenvalue weighted by atomic mass is 10.0. The van der Waals surface area contributed by atoms with Gasteiger partial charge in [-0.15, -0.1) is 0 Å². The first-order valence-corrected chi connectivity index (χ1v) is 16.0. The van der Waals surface area contributed by atoms with Gasteiger partial charge in [-0.25, -0.2) is 19.2 Å². The van der Waals surface area contributed by atoms with Crippen molar-refractivity contribution >= 4 is 23.9 Å². The SMILES string of the molecule is CCCCCCOC(=O)C(C)OC(=O)C(C)OC(=O)c1ccc(OC(=O)c2ccc(-c3ccc(OCCCCC)cc3)cc2)cc1. The van der Waals surface area contributed by atoms with E-state index in [4.69, 9.17) is 23.7 Å². The van der Waals surface area contributed by atoms with Crippen LogP contribution in [0.4, 0.5) is 0 Å². The van der Waals surface area contributed by atoms with Crippen LogP contribution in [-0.4, -0.2) is 49.3 Å². The molecule has 3 rings (SSSR count). The Bertz CT molecular complexity index is 1400. The summed E-state index contributed by atoms with van der Waals surface area (Å²) in [5, 5.41) is 0. The average Bonchev–Trinajstić information content (AvgIpc) is 3.07. The van der Waals surface area contributed by atoms with Crippen molar-refractivity contribution in [2.24, 2.45) is 0 Å². The monoisotopic (exact) mass is 632 g/mol. The highest BCUT2D eigenvalue weighted by molar-refractivity contribution is 5.93. The van der Waals surface area contributed by atoms with E-state index in [2.05, 4.69) is 13.8 Å². The molecule has 0 saturated carbocycles. The van der Waals surface area contributed by atoms with Crippen LogP contribution in [0, 0.1) is 0 Å². The summed E-state index contributed by atoms with van der Waals surface area (Å²) in [6, 6.07) is 20.6. The van der Waals surface area contributed by atoms with Gasteiger partial charge in [0.15, 0.2) is 12.2 Å². The number of benzene rings is 3. The third kappa shape index (κ3) is 11.7. The Morgan fingerprint density at radius 2 is 1.04 bits per heavy atom. The normalized spacial score (nSPS) is 12.0. The number of rotatable bonds is 18. The minimum Gasteiger partial charge on any atom is -0.494 e. The lowest BCUT2D eigenvalue weighted by Crippen LogP contribution is -2.33. The molecule has 0 aromatic heterocycles. The van der Waals surface area contributed by atoms with E-state index < -0.39 is 36.1 Å². The van der Waals surface area contributed by atoms with Gasteiger partial charge in [-0.05, 0) is 86.3 Å². The van der Waals surface area contributed by atoms with Gasteiger partial charge in [0.2, 0.25) is 0 Å². The van der Waals surface area contributed by atoms with E-state index in [1.165, 1.54) is 38.1 Å². The number of unbranched alkanes of at least 4 members (excludes halogenated alkanes) is 5. The van der Waals surface area contributed by atoms with E-state index in [-0.39, 0.29) is 17.9 Å². The Balaban J connectivity index is 1.45. The molecule has 9 heteroatoms. The molecule has 0 spiro atoms. The van der Waals surface area contributed by atoms with Crippen molar-refractivity contribution in [1.29, 1.82) is 0 Å². The molecule has 0 radical (unpaired) electrons. The molecule has 0 N–H and O–H groups in total. The first kappa shape index (κ1) is 35.8. The highest BCUT2D eigenvalue weighted by Crippen LogP contribution is 2.24. The van der Waals surface area contributed by atoms with Gasteiger partial charge in [0, 0.05) is 0 Å². The zero-order valence-corrected chi connectivity index (χ0v) is 27.1. The second-order valence-corrected chi connectivity index (χ2v) is 10.9. The van der Waals surface area contributed by atoms with Crippen LogP contribution in [0.1, 0.15) is 93.4 Å². The maximum atomic E-state index is 12.7. The van der Waals surface area contributed by atoms with Crippen LogP contribution in [0.25, 0.3) is 11.1 Å². The topological polar surface area (TPSA) is 114 Å². The molecule has 2 unspecified atom stereocenters. The van der Waals surface area contributed by atoms with Gasteiger partial charge in [0.05, 0.1) is 24.3 Å². The van der Waals surface area contributed by atoms with Crippen LogP contribution in [0.2, 0.25) is 0 Å². The van der Waals surface area contributed by atoms with Crippen molar-refractivity contribution < 1.29 is 42.9 Å². The van der Waals surface area contributed by atoms with Gasteiger partial charge in [0.25, 0.3) is 0 Å². The van der Waals surface area contributed by atoms with Crippen molar-refractivity contribution in [2.75, 3.05) is 13.2 Å². The van der Waals surface area contributed by atoms with Crippen LogP contribution in [-0.2, 0) is 23.8 Å².